The molecular weight excluding hydrogens is 240 g/mol. The standard InChI is InChI=1S/C15H22N2O2/c1-19-15(18)13-7-10-17(11-8-13)9-6-12-2-4-14(16)5-3-12/h2-5,13H,6-11,16H2,1H3. The molecule has 0 unspecified atom stereocenters. The molecule has 0 aromatic heterocycles. The third kappa shape index (κ3) is 3.96. The molecule has 1 aliphatic rings. The van der Waals surface area contributed by atoms with Crippen molar-refractivity contribution in [2.75, 3.05) is 32.5 Å². The first-order valence-corrected chi connectivity index (χ1v) is 6.83. The number of nitrogens with zero attached hydrogens (tertiary/aromatic N) is 1. The van der Waals surface area contributed by atoms with Crippen LogP contribution in [0.3, 0.4) is 0 Å². The Morgan fingerprint density at radius 1 is 1.32 bits per heavy atom. The largest absolute Gasteiger partial charge is 0.469 e. The highest BCUT2D eigenvalue weighted by Crippen LogP contribution is 2.18. The molecule has 1 aromatic rings. The highest BCUT2D eigenvalue weighted by molar-refractivity contribution is 5.72. The number of anilines is 1. The molecule has 0 saturated carbocycles. The highest BCUT2D eigenvalue weighted by atomic mass is 16.5. The Bertz CT molecular complexity index is 409. The zero-order chi connectivity index (χ0) is 13.7. The predicted molar refractivity (Wildman–Crippen MR) is 75.7 cm³/mol. The summed E-state index contributed by atoms with van der Waals surface area (Å²) in [6, 6.07) is 8.05. The van der Waals surface area contributed by atoms with Crippen LogP contribution >= 0.6 is 0 Å². The number of benzene rings is 1. The van der Waals surface area contributed by atoms with Gasteiger partial charge in [0.25, 0.3) is 0 Å². The van der Waals surface area contributed by atoms with Crippen molar-refractivity contribution < 1.29 is 9.53 Å². The molecule has 1 saturated heterocycles. The van der Waals surface area contributed by atoms with E-state index in [9.17, 15) is 4.79 Å². The van der Waals surface area contributed by atoms with Crippen molar-refractivity contribution in [2.24, 2.45) is 5.92 Å². The van der Waals surface area contributed by atoms with E-state index in [4.69, 9.17) is 10.5 Å². The van der Waals surface area contributed by atoms with Gasteiger partial charge in [0, 0.05) is 12.2 Å². The van der Waals surface area contributed by atoms with Gasteiger partial charge in [0.2, 0.25) is 0 Å². The maximum atomic E-state index is 11.4. The molecule has 1 fully saturated rings. The lowest BCUT2D eigenvalue weighted by Gasteiger charge is -2.30. The lowest BCUT2D eigenvalue weighted by molar-refractivity contribution is -0.147. The van der Waals surface area contributed by atoms with E-state index in [-0.39, 0.29) is 11.9 Å². The fourth-order valence-corrected chi connectivity index (χ4v) is 2.53. The molecule has 0 atom stereocenters. The molecular formula is C15H22N2O2. The van der Waals surface area contributed by atoms with Crippen LogP contribution in [-0.4, -0.2) is 37.6 Å². The van der Waals surface area contributed by atoms with Crippen molar-refractivity contribution in [3.63, 3.8) is 0 Å². The molecule has 2 N–H and O–H groups in total. The number of methoxy groups -OCH3 is 1. The zero-order valence-electron chi connectivity index (χ0n) is 11.5. The Morgan fingerprint density at radius 3 is 2.53 bits per heavy atom. The highest BCUT2D eigenvalue weighted by Gasteiger charge is 2.25. The Labute approximate surface area is 114 Å². The Morgan fingerprint density at radius 2 is 1.95 bits per heavy atom. The first-order valence-electron chi connectivity index (χ1n) is 6.83. The number of hydrogen-bond acceptors (Lipinski definition) is 4. The second kappa shape index (κ2) is 6.57. The molecule has 104 valence electrons. The Balaban J connectivity index is 1.74. The molecule has 0 bridgehead atoms. The number of likely N-dealkylation sites (tertiary alicyclic amines) is 1. The molecule has 4 nitrogen and oxygen atoms in total. The quantitative estimate of drug-likeness (QED) is 0.663. The van der Waals surface area contributed by atoms with Gasteiger partial charge < -0.3 is 15.4 Å². The minimum atomic E-state index is -0.0572. The van der Waals surface area contributed by atoms with Crippen LogP contribution in [0.5, 0.6) is 0 Å². The van der Waals surface area contributed by atoms with Gasteiger partial charge in [0.15, 0.2) is 0 Å². The predicted octanol–water partition coefficient (Wildman–Crippen LogP) is 1.70. The molecule has 1 aromatic carbocycles. The van der Waals surface area contributed by atoms with E-state index in [0.717, 1.165) is 44.6 Å². The van der Waals surface area contributed by atoms with Gasteiger partial charge in [0.05, 0.1) is 13.0 Å². The van der Waals surface area contributed by atoms with E-state index < -0.39 is 0 Å². The fourth-order valence-electron chi connectivity index (χ4n) is 2.53. The van der Waals surface area contributed by atoms with E-state index in [1.165, 1.54) is 12.7 Å². The monoisotopic (exact) mass is 262 g/mol. The summed E-state index contributed by atoms with van der Waals surface area (Å²) in [5, 5.41) is 0. The van der Waals surface area contributed by atoms with E-state index >= 15 is 0 Å². The van der Waals surface area contributed by atoms with Crippen LogP contribution in [0.4, 0.5) is 5.69 Å². The lowest BCUT2D eigenvalue weighted by Crippen LogP contribution is -2.37. The van der Waals surface area contributed by atoms with Crippen LogP contribution in [0.1, 0.15) is 18.4 Å². The van der Waals surface area contributed by atoms with Crippen molar-refractivity contribution in [2.45, 2.75) is 19.3 Å². The summed E-state index contributed by atoms with van der Waals surface area (Å²) in [6.07, 6.45) is 2.85. The smallest absolute Gasteiger partial charge is 0.308 e. The number of esters is 1. The lowest BCUT2D eigenvalue weighted by atomic mass is 9.97. The van der Waals surface area contributed by atoms with Crippen molar-refractivity contribution >= 4 is 11.7 Å². The zero-order valence-corrected chi connectivity index (χ0v) is 11.5. The molecule has 0 amide bonds. The minimum Gasteiger partial charge on any atom is -0.469 e. The average molecular weight is 262 g/mol. The molecule has 19 heavy (non-hydrogen) atoms. The molecule has 1 aliphatic heterocycles. The van der Waals surface area contributed by atoms with Gasteiger partial charge >= 0.3 is 5.97 Å². The van der Waals surface area contributed by atoms with Gasteiger partial charge in [-0.15, -0.1) is 0 Å². The van der Waals surface area contributed by atoms with Crippen molar-refractivity contribution in [1.29, 1.82) is 0 Å². The van der Waals surface area contributed by atoms with Crippen LogP contribution in [0.15, 0.2) is 24.3 Å². The van der Waals surface area contributed by atoms with Crippen LogP contribution in [0.2, 0.25) is 0 Å². The minimum absolute atomic E-state index is 0.0572. The third-order valence-corrected chi connectivity index (χ3v) is 3.82. The summed E-state index contributed by atoms with van der Waals surface area (Å²) in [5.74, 6) is 0.0379. The number of nitrogen functional groups attached to an aromatic ring is 1. The number of carbonyl (C=O) groups is 1. The summed E-state index contributed by atoms with van der Waals surface area (Å²) in [5.41, 5.74) is 7.79. The van der Waals surface area contributed by atoms with Crippen LogP contribution in [0.25, 0.3) is 0 Å². The van der Waals surface area contributed by atoms with Gasteiger partial charge in [-0.3, -0.25) is 4.79 Å². The van der Waals surface area contributed by atoms with Gasteiger partial charge in [-0.1, -0.05) is 12.1 Å². The van der Waals surface area contributed by atoms with Crippen molar-refractivity contribution in [3.8, 4) is 0 Å². The number of nitrogens with two attached hydrogens (primary N) is 1. The molecule has 0 radical (unpaired) electrons. The Hall–Kier alpha value is -1.55. The van der Waals surface area contributed by atoms with E-state index in [1.54, 1.807) is 0 Å². The van der Waals surface area contributed by atoms with Gasteiger partial charge in [-0.2, -0.15) is 0 Å². The maximum absolute atomic E-state index is 11.4. The van der Waals surface area contributed by atoms with Crippen molar-refractivity contribution in [1.82, 2.24) is 4.90 Å². The summed E-state index contributed by atoms with van der Waals surface area (Å²) in [6.45, 7) is 3.00. The van der Waals surface area contributed by atoms with E-state index in [2.05, 4.69) is 17.0 Å². The first kappa shape index (κ1) is 13.9. The van der Waals surface area contributed by atoms with Gasteiger partial charge in [-0.05, 0) is 50.0 Å². The van der Waals surface area contributed by atoms with E-state index in [1.807, 2.05) is 12.1 Å². The van der Waals surface area contributed by atoms with Crippen molar-refractivity contribution in [3.05, 3.63) is 29.8 Å². The normalized spacial score (nSPS) is 17.3. The number of carbonyl (C=O) groups excluding carboxylic acids is 1. The summed E-state index contributed by atoms with van der Waals surface area (Å²) < 4.78 is 4.80. The summed E-state index contributed by atoms with van der Waals surface area (Å²) in [7, 11) is 1.47. The van der Waals surface area contributed by atoms with Gasteiger partial charge in [0.1, 0.15) is 0 Å². The second-order valence-electron chi connectivity index (χ2n) is 5.13. The maximum Gasteiger partial charge on any atom is 0.308 e. The first-order chi connectivity index (χ1) is 9.19. The number of hydrogen-bond donors (Lipinski definition) is 1. The summed E-state index contributed by atoms with van der Waals surface area (Å²) in [4.78, 5) is 13.8. The number of rotatable bonds is 4. The molecule has 1 heterocycles. The SMILES string of the molecule is COC(=O)C1CCN(CCc2ccc(N)cc2)CC1. The van der Waals surface area contributed by atoms with Crippen LogP contribution < -0.4 is 5.73 Å². The molecule has 0 spiro atoms. The number of piperidine rings is 1. The molecule has 2 rings (SSSR count). The van der Waals surface area contributed by atoms with Crippen LogP contribution in [0, 0.1) is 5.92 Å². The Kier molecular flexibility index (Phi) is 4.80. The van der Waals surface area contributed by atoms with Gasteiger partial charge in [-0.25, -0.2) is 0 Å². The molecule has 4 heteroatoms. The topological polar surface area (TPSA) is 55.6 Å². The fraction of sp³-hybridized carbons (Fsp3) is 0.533. The second-order valence-corrected chi connectivity index (χ2v) is 5.13. The van der Waals surface area contributed by atoms with E-state index in [0.29, 0.717) is 0 Å². The third-order valence-electron chi connectivity index (χ3n) is 3.82. The average Bonchev–Trinajstić information content (AvgIpc) is 2.46. The molecule has 0 aliphatic carbocycles. The number of ether oxygens (including phenoxy) is 1. The van der Waals surface area contributed by atoms with Crippen LogP contribution in [-0.2, 0) is 16.0 Å². The summed E-state index contributed by atoms with van der Waals surface area (Å²) >= 11 is 0.